The molecule has 8 heavy (non-hydrogen) atoms. The van der Waals surface area contributed by atoms with E-state index in [9.17, 15) is 0 Å². The number of alkyl halides is 1. The normalized spacial score (nSPS) is 39.8. The fourth-order valence-electron chi connectivity index (χ4n) is 0.810. The van der Waals surface area contributed by atoms with Gasteiger partial charge in [0, 0.05) is 10.5 Å². The summed E-state index contributed by atoms with van der Waals surface area (Å²) in [4.78, 5) is 0. The van der Waals surface area contributed by atoms with Crippen LogP contribution in [0.5, 0.6) is 0 Å². The fraction of sp³-hybridized carbons (Fsp3) is 1.00. The summed E-state index contributed by atoms with van der Waals surface area (Å²) >= 11 is 2.46. The first kappa shape index (κ1) is 6.81. The van der Waals surface area contributed by atoms with Crippen molar-refractivity contribution in [1.82, 2.24) is 0 Å². The topological polar surface area (TPSA) is 9.23 Å². The van der Waals surface area contributed by atoms with E-state index in [1.165, 1.54) is 6.42 Å². The third-order valence-electron chi connectivity index (χ3n) is 1.61. The van der Waals surface area contributed by atoms with Crippen LogP contribution in [0.1, 0.15) is 13.3 Å². The zero-order chi connectivity index (χ0) is 5.98. The molecule has 0 bridgehead atoms. The van der Waals surface area contributed by atoms with Gasteiger partial charge in [-0.3, -0.25) is 0 Å². The van der Waals surface area contributed by atoms with Gasteiger partial charge in [0.05, 0.1) is 6.61 Å². The summed E-state index contributed by atoms with van der Waals surface area (Å²) in [6, 6.07) is 0. The van der Waals surface area contributed by atoms with Crippen LogP contribution in [0.25, 0.3) is 0 Å². The van der Waals surface area contributed by atoms with E-state index in [1.807, 2.05) is 0 Å². The Hall–Kier alpha value is 0.690. The van der Waals surface area contributed by atoms with Crippen LogP contribution in [0.3, 0.4) is 0 Å². The van der Waals surface area contributed by atoms with E-state index >= 15 is 0 Å². The average Bonchev–Trinajstić information content (AvgIpc) is 1.77. The van der Waals surface area contributed by atoms with Crippen molar-refractivity contribution in [1.29, 1.82) is 0 Å². The van der Waals surface area contributed by atoms with Gasteiger partial charge in [0.2, 0.25) is 0 Å². The van der Waals surface area contributed by atoms with E-state index in [0.717, 1.165) is 23.1 Å². The van der Waals surface area contributed by atoms with E-state index in [0.29, 0.717) is 0 Å². The molecule has 1 aliphatic rings. The van der Waals surface area contributed by atoms with Crippen LogP contribution in [0, 0.1) is 5.92 Å². The number of hydrogen-bond acceptors (Lipinski definition) is 1. The van der Waals surface area contributed by atoms with Crippen molar-refractivity contribution < 1.29 is 4.74 Å². The lowest BCUT2D eigenvalue weighted by molar-refractivity contribution is 0.0813. The predicted molar refractivity (Wildman–Crippen MR) is 42.4 cm³/mol. The van der Waals surface area contributed by atoms with Crippen LogP contribution in [0.2, 0.25) is 0 Å². The van der Waals surface area contributed by atoms with Crippen LogP contribution in [0.4, 0.5) is 0 Å². The Bertz CT molecular complexity index is 64.9. The van der Waals surface area contributed by atoms with E-state index in [2.05, 4.69) is 29.5 Å². The van der Waals surface area contributed by atoms with Crippen molar-refractivity contribution in [3.63, 3.8) is 0 Å². The SMILES string of the molecule is CC1CCOCC1I. The molecule has 0 radical (unpaired) electrons. The van der Waals surface area contributed by atoms with Gasteiger partial charge in [-0.25, -0.2) is 0 Å². The minimum Gasteiger partial charge on any atom is -0.380 e. The lowest BCUT2D eigenvalue weighted by Gasteiger charge is -2.23. The highest BCUT2D eigenvalue weighted by Gasteiger charge is 2.17. The summed E-state index contributed by atoms with van der Waals surface area (Å²) < 4.78 is 6.00. The molecule has 2 unspecified atom stereocenters. The molecule has 1 saturated heterocycles. The largest absolute Gasteiger partial charge is 0.380 e. The molecule has 2 atom stereocenters. The Kier molecular flexibility index (Phi) is 2.56. The molecule has 0 aromatic carbocycles. The summed E-state index contributed by atoms with van der Waals surface area (Å²) in [6.07, 6.45) is 1.24. The molecule has 0 saturated carbocycles. The summed E-state index contributed by atoms with van der Waals surface area (Å²) in [7, 11) is 0. The third-order valence-corrected chi connectivity index (χ3v) is 3.20. The summed E-state index contributed by atoms with van der Waals surface area (Å²) in [5, 5.41) is 0. The third kappa shape index (κ3) is 1.58. The number of halogens is 1. The molecule has 0 spiro atoms. The van der Waals surface area contributed by atoms with Gasteiger partial charge in [0.1, 0.15) is 0 Å². The molecule has 0 amide bonds. The maximum absolute atomic E-state index is 5.24. The van der Waals surface area contributed by atoms with Crippen molar-refractivity contribution in [3.8, 4) is 0 Å². The van der Waals surface area contributed by atoms with Crippen molar-refractivity contribution in [3.05, 3.63) is 0 Å². The van der Waals surface area contributed by atoms with Gasteiger partial charge in [0.15, 0.2) is 0 Å². The molecule has 2 heteroatoms. The molecule has 0 aromatic heterocycles. The molecule has 0 aliphatic carbocycles. The smallest absolute Gasteiger partial charge is 0.0586 e. The Balaban J connectivity index is 2.28. The van der Waals surface area contributed by atoms with Crippen LogP contribution in [-0.2, 0) is 4.74 Å². The number of ether oxygens (including phenoxy) is 1. The Labute approximate surface area is 63.9 Å². The van der Waals surface area contributed by atoms with Crippen molar-refractivity contribution in [2.45, 2.75) is 17.3 Å². The van der Waals surface area contributed by atoms with E-state index in [-0.39, 0.29) is 0 Å². The summed E-state index contributed by atoms with van der Waals surface area (Å²) in [5.41, 5.74) is 0. The quantitative estimate of drug-likeness (QED) is 0.452. The molecule has 48 valence electrons. The molecule has 1 heterocycles. The summed E-state index contributed by atoms with van der Waals surface area (Å²) in [5.74, 6) is 0.865. The second-order valence-electron chi connectivity index (χ2n) is 2.36. The molecule has 1 aliphatic heterocycles. The summed E-state index contributed by atoms with van der Waals surface area (Å²) in [6.45, 7) is 4.22. The van der Waals surface area contributed by atoms with Crippen LogP contribution >= 0.6 is 22.6 Å². The lowest BCUT2D eigenvalue weighted by Crippen LogP contribution is -2.24. The van der Waals surface area contributed by atoms with E-state index < -0.39 is 0 Å². The second-order valence-corrected chi connectivity index (χ2v) is 3.96. The van der Waals surface area contributed by atoms with Gasteiger partial charge in [-0.05, 0) is 12.3 Å². The first-order valence-corrected chi connectivity index (χ1v) is 4.27. The second kappa shape index (κ2) is 3.01. The van der Waals surface area contributed by atoms with Gasteiger partial charge < -0.3 is 4.74 Å². The molecular formula is C6H11IO. The molecule has 1 rings (SSSR count). The van der Waals surface area contributed by atoms with E-state index in [4.69, 9.17) is 4.74 Å². The Morgan fingerprint density at radius 1 is 1.62 bits per heavy atom. The Morgan fingerprint density at radius 2 is 2.38 bits per heavy atom. The van der Waals surface area contributed by atoms with E-state index in [1.54, 1.807) is 0 Å². The zero-order valence-electron chi connectivity index (χ0n) is 5.06. The maximum atomic E-state index is 5.24. The molecule has 0 N–H and O–H groups in total. The first-order chi connectivity index (χ1) is 3.80. The average molecular weight is 226 g/mol. The van der Waals surface area contributed by atoms with Crippen molar-refractivity contribution in [2.24, 2.45) is 5.92 Å². The number of hydrogen-bond donors (Lipinski definition) is 0. The minimum absolute atomic E-state index is 0.751. The van der Waals surface area contributed by atoms with Gasteiger partial charge in [-0.1, -0.05) is 29.5 Å². The zero-order valence-corrected chi connectivity index (χ0v) is 7.22. The predicted octanol–water partition coefficient (Wildman–Crippen LogP) is 1.85. The molecule has 1 nitrogen and oxygen atoms in total. The fourth-order valence-corrected chi connectivity index (χ4v) is 1.42. The minimum atomic E-state index is 0.751. The molecule has 1 fully saturated rings. The molecule has 0 aromatic rings. The van der Waals surface area contributed by atoms with Gasteiger partial charge in [-0.2, -0.15) is 0 Å². The Morgan fingerprint density at radius 3 is 2.75 bits per heavy atom. The van der Waals surface area contributed by atoms with Crippen LogP contribution in [-0.4, -0.2) is 17.1 Å². The maximum Gasteiger partial charge on any atom is 0.0586 e. The standard InChI is InChI=1S/C6H11IO/c1-5-2-3-8-4-6(5)7/h5-6H,2-4H2,1H3. The van der Waals surface area contributed by atoms with Gasteiger partial charge >= 0.3 is 0 Å². The highest BCUT2D eigenvalue weighted by molar-refractivity contribution is 14.1. The monoisotopic (exact) mass is 226 g/mol. The lowest BCUT2D eigenvalue weighted by atomic mass is 10.0. The highest BCUT2D eigenvalue weighted by atomic mass is 127. The van der Waals surface area contributed by atoms with Crippen molar-refractivity contribution >= 4 is 22.6 Å². The van der Waals surface area contributed by atoms with Crippen molar-refractivity contribution in [2.75, 3.05) is 13.2 Å². The number of rotatable bonds is 0. The first-order valence-electron chi connectivity index (χ1n) is 3.02. The van der Waals surface area contributed by atoms with Crippen LogP contribution in [0.15, 0.2) is 0 Å². The highest BCUT2D eigenvalue weighted by Crippen LogP contribution is 2.21. The molecular weight excluding hydrogens is 215 g/mol. The van der Waals surface area contributed by atoms with Gasteiger partial charge in [-0.15, -0.1) is 0 Å². The van der Waals surface area contributed by atoms with Crippen LogP contribution < -0.4 is 0 Å². The van der Waals surface area contributed by atoms with Gasteiger partial charge in [0.25, 0.3) is 0 Å².